The molecule has 0 aromatic rings. The SMILES string of the molecule is CC(C)(C)OC(=O)CCCCCCCCCCCCCCCCC(=O)N[C@@H](CCC(=O)N[C@@H](CCC(=O)N[C@@H](CCCCNC(=O)OC(C)(C)C)C(=O)NCCOCCOCC(=O)O)C(=O)OC(C)(C)C)C(=O)OC(C)(C)C. The molecule has 0 spiro atoms. The van der Waals surface area contributed by atoms with Gasteiger partial charge in [-0.2, -0.15) is 0 Å². The molecule has 0 saturated carbocycles. The van der Waals surface area contributed by atoms with E-state index < -0.39 is 88.9 Å². The fourth-order valence-corrected chi connectivity index (χ4v) is 7.66. The van der Waals surface area contributed by atoms with Crippen LogP contribution >= 0.6 is 0 Å². The number of alkyl carbamates (subject to hydrolysis) is 1. The number of amides is 5. The number of carboxylic acid groups (broad SMARTS) is 1. The van der Waals surface area contributed by atoms with Crippen LogP contribution in [-0.4, -0.2) is 139 Å². The normalized spacial score (nSPS) is 13.0. The molecule has 0 aromatic heterocycles. The quantitative estimate of drug-likeness (QED) is 0.0191. The van der Waals surface area contributed by atoms with Crippen molar-refractivity contribution in [3.05, 3.63) is 0 Å². The fourth-order valence-electron chi connectivity index (χ4n) is 7.66. The Hall–Kier alpha value is -5.05. The smallest absolute Gasteiger partial charge is 0.407 e. The van der Waals surface area contributed by atoms with E-state index >= 15 is 0 Å². The van der Waals surface area contributed by atoms with Crippen molar-refractivity contribution in [2.24, 2.45) is 0 Å². The van der Waals surface area contributed by atoms with Crippen LogP contribution in [0.5, 0.6) is 0 Å². The van der Waals surface area contributed by atoms with Crippen molar-refractivity contribution in [1.29, 1.82) is 0 Å². The van der Waals surface area contributed by atoms with Crippen molar-refractivity contribution in [3.8, 4) is 0 Å². The molecule has 6 N–H and O–H groups in total. The Bertz CT molecular complexity index is 1780. The Morgan fingerprint density at radius 3 is 1.22 bits per heavy atom. The number of carbonyl (C=O) groups excluding carboxylic acids is 8. The van der Waals surface area contributed by atoms with Crippen LogP contribution in [-0.2, 0) is 66.8 Å². The maximum atomic E-state index is 13.5. The van der Waals surface area contributed by atoms with E-state index in [4.69, 9.17) is 33.5 Å². The summed E-state index contributed by atoms with van der Waals surface area (Å²) in [5.74, 6) is -4.82. The highest BCUT2D eigenvalue weighted by Gasteiger charge is 2.31. The van der Waals surface area contributed by atoms with Gasteiger partial charge in [-0.15, -0.1) is 0 Å². The Kier molecular flexibility index (Phi) is 37.6. The number of carboxylic acids is 1. The molecule has 0 bridgehead atoms. The summed E-state index contributed by atoms with van der Waals surface area (Å²) in [5, 5.41) is 22.2. The van der Waals surface area contributed by atoms with Crippen molar-refractivity contribution >= 4 is 53.6 Å². The maximum absolute atomic E-state index is 13.5. The third-order valence-corrected chi connectivity index (χ3v) is 11.2. The molecule has 452 valence electrons. The molecule has 78 heavy (non-hydrogen) atoms. The van der Waals surface area contributed by atoms with Gasteiger partial charge in [0.05, 0.1) is 19.8 Å². The van der Waals surface area contributed by atoms with Crippen LogP contribution < -0.4 is 26.6 Å². The zero-order valence-electron chi connectivity index (χ0n) is 49.8. The summed E-state index contributed by atoms with van der Waals surface area (Å²) < 4.78 is 32.1. The Morgan fingerprint density at radius 2 is 0.782 bits per heavy atom. The zero-order chi connectivity index (χ0) is 59.2. The fraction of sp³-hybridized carbons (Fsp3) is 0.842. The first-order valence-corrected chi connectivity index (χ1v) is 28.5. The lowest BCUT2D eigenvalue weighted by molar-refractivity contribution is -0.160. The van der Waals surface area contributed by atoms with Gasteiger partial charge in [0.25, 0.3) is 0 Å². The summed E-state index contributed by atoms with van der Waals surface area (Å²) in [6.45, 7) is 21.0. The topological polar surface area (TPSA) is 289 Å². The van der Waals surface area contributed by atoms with Crippen LogP contribution in [0.15, 0.2) is 0 Å². The van der Waals surface area contributed by atoms with Crippen molar-refractivity contribution in [1.82, 2.24) is 26.6 Å². The first-order valence-electron chi connectivity index (χ1n) is 28.5. The van der Waals surface area contributed by atoms with Gasteiger partial charge in [0.2, 0.25) is 23.6 Å². The van der Waals surface area contributed by atoms with E-state index in [1.54, 1.807) is 62.3 Å². The molecular formula is C57H103N5O16. The van der Waals surface area contributed by atoms with Gasteiger partial charge in [-0.3, -0.25) is 24.0 Å². The van der Waals surface area contributed by atoms with Gasteiger partial charge >= 0.3 is 30.0 Å². The molecule has 0 rings (SSSR count). The molecule has 0 aliphatic carbocycles. The Morgan fingerprint density at radius 1 is 0.385 bits per heavy atom. The number of carbonyl (C=O) groups is 9. The maximum Gasteiger partial charge on any atom is 0.407 e. The number of unbranched alkanes of at least 4 members (excludes halogenated alkanes) is 14. The predicted octanol–water partition coefficient (Wildman–Crippen LogP) is 8.20. The average molecular weight is 1110 g/mol. The molecule has 0 saturated heterocycles. The van der Waals surface area contributed by atoms with Gasteiger partial charge in [0.15, 0.2) is 0 Å². The lowest BCUT2D eigenvalue weighted by Crippen LogP contribution is -2.49. The number of esters is 3. The molecule has 0 heterocycles. The molecule has 5 amide bonds. The second-order valence-corrected chi connectivity index (χ2v) is 23.8. The monoisotopic (exact) mass is 1110 g/mol. The first-order chi connectivity index (χ1) is 36.4. The van der Waals surface area contributed by atoms with E-state index in [0.29, 0.717) is 25.7 Å². The average Bonchev–Trinajstić information content (AvgIpc) is 3.29. The van der Waals surface area contributed by atoms with Crippen molar-refractivity contribution in [3.63, 3.8) is 0 Å². The van der Waals surface area contributed by atoms with Gasteiger partial charge < -0.3 is 60.1 Å². The number of hydrogen-bond donors (Lipinski definition) is 6. The van der Waals surface area contributed by atoms with Gasteiger partial charge in [-0.25, -0.2) is 19.2 Å². The standard InChI is InChI=1S/C57H103N5O16/c1-54(2,3)75-49(68)31-26-24-22-20-18-16-14-13-15-17-19-21-23-25-30-45(63)61-43(51(70)76-55(4,5)6)33-35-47(65)62-44(52(71)77-56(7,8)9)32-34-46(64)60-42(29-27-28-36-59-53(72)78-57(10,11)12)50(69)58-37-38-73-39-40-74-41-48(66)67/h42-44H,13-41H2,1-12H3,(H,58,69)(H,59,72)(H,60,64)(H,61,63)(H,62,65)(H,66,67)/t42-,43-,44-/m0/s1. The van der Waals surface area contributed by atoms with E-state index in [1.165, 1.54) is 38.5 Å². The van der Waals surface area contributed by atoms with Crippen molar-refractivity contribution in [2.45, 2.75) is 271 Å². The van der Waals surface area contributed by atoms with Gasteiger partial charge in [0.1, 0.15) is 47.1 Å². The molecular weight excluding hydrogens is 1010 g/mol. The third kappa shape index (κ3) is 45.9. The van der Waals surface area contributed by atoms with Gasteiger partial charge in [-0.1, -0.05) is 77.0 Å². The molecule has 0 unspecified atom stereocenters. The van der Waals surface area contributed by atoms with Crippen LogP contribution in [0, 0.1) is 0 Å². The first kappa shape index (κ1) is 73.0. The number of nitrogens with one attached hydrogen (secondary N) is 5. The molecule has 0 fully saturated rings. The lowest BCUT2D eigenvalue weighted by Gasteiger charge is -2.26. The van der Waals surface area contributed by atoms with Crippen LogP contribution in [0.25, 0.3) is 0 Å². The summed E-state index contributed by atoms with van der Waals surface area (Å²) in [7, 11) is 0. The van der Waals surface area contributed by atoms with E-state index in [2.05, 4.69) is 26.6 Å². The van der Waals surface area contributed by atoms with Crippen LogP contribution in [0.2, 0.25) is 0 Å². The van der Waals surface area contributed by atoms with Crippen molar-refractivity contribution in [2.75, 3.05) is 39.5 Å². The number of rotatable bonds is 42. The highest BCUT2D eigenvalue weighted by atomic mass is 16.6. The highest BCUT2D eigenvalue weighted by molar-refractivity contribution is 5.89. The molecule has 0 aliphatic rings. The zero-order valence-corrected chi connectivity index (χ0v) is 49.8. The molecule has 21 nitrogen and oxygen atoms in total. The number of aliphatic carboxylic acids is 1. The van der Waals surface area contributed by atoms with Crippen LogP contribution in [0.3, 0.4) is 0 Å². The molecule has 21 heteroatoms. The van der Waals surface area contributed by atoms with E-state index in [9.17, 15) is 43.2 Å². The largest absolute Gasteiger partial charge is 0.480 e. The van der Waals surface area contributed by atoms with Gasteiger partial charge in [-0.05, 0) is 128 Å². The highest BCUT2D eigenvalue weighted by Crippen LogP contribution is 2.18. The Labute approximate surface area is 466 Å². The third-order valence-electron chi connectivity index (χ3n) is 11.2. The summed E-state index contributed by atoms with van der Waals surface area (Å²) in [5.41, 5.74) is -2.93. The minimum absolute atomic E-state index is 0.0414. The van der Waals surface area contributed by atoms with Crippen LogP contribution in [0.4, 0.5) is 4.79 Å². The summed E-state index contributed by atoms with van der Waals surface area (Å²) in [4.78, 5) is 115. The Balaban J connectivity index is 5.29. The number of ether oxygens (including phenoxy) is 6. The van der Waals surface area contributed by atoms with E-state index in [-0.39, 0.29) is 83.3 Å². The minimum atomic E-state index is -1.29. The predicted molar refractivity (Wildman–Crippen MR) is 296 cm³/mol. The second-order valence-electron chi connectivity index (χ2n) is 23.8. The second kappa shape index (κ2) is 40.2. The van der Waals surface area contributed by atoms with E-state index in [0.717, 1.165) is 44.9 Å². The van der Waals surface area contributed by atoms with E-state index in [1.807, 2.05) is 20.8 Å². The summed E-state index contributed by atoms with van der Waals surface area (Å²) in [6, 6.07) is -3.44. The molecule has 0 aliphatic heterocycles. The number of hydrogen-bond acceptors (Lipinski definition) is 15. The molecule has 0 aromatic carbocycles. The van der Waals surface area contributed by atoms with Gasteiger partial charge in [0, 0.05) is 38.8 Å². The van der Waals surface area contributed by atoms with Crippen LogP contribution in [0.1, 0.15) is 231 Å². The minimum Gasteiger partial charge on any atom is -0.480 e. The summed E-state index contributed by atoms with van der Waals surface area (Å²) in [6.07, 6.45) is 15.2. The molecule has 0 radical (unpaired) electrons. The summed E-state index contributed by atoms with van der Waals surface area (Å²) >= 11 is 0. The van der Waals surface area contributed by atoms with Crippen molar-refractivity contribution < 1.29 is 76.7 Å². The molecule has 3 atom stereocenters. The lowest BCUT2D eigenvalue weighted by atomic mass is 10.0.